The third-order valence-electron chi connectivity index (χ3n) is 3.79. The standard InChI is InChI=1S/C16H23N3O3.ClH/c1-2-13(16(21)19-8-10-22-11-9-19)18-15(20)14(17)12-6-4-3-5-7-12;/h3-7,13-14H,2,8-11,17H2,1H3,(H,18,20);1H. The molecule has 23 heavy (non-hydrogen) atoms. The number of nitrogens with zero attached hydrogens (tertiary/aromatic N) is 1. The zero-order chi connectivity index (χ0) is 15.9. The van der Waals surface area contributed by atoms with Crippen LogP contribution >= 0.6 is 12.4 Å². The molecule has 1 aromatic carbocycles. The minimum absolute atomic E-state index is 0. The number of nitrogens with two attached hydrogens (primary N) is 1. The van der Waals surface area contributed by atoms with E-state index in [4.69, 9.17) is 10.5 Å². The van der Waals surface area contributed by atoms with Gasteiger partial charge in [0.15, 0.2) is 0 Å². The van der Waals surface area contributed by atoms with Gasteiger partial charge in [-0.2, -0.15) is 0 Å². The molecule has 128 valence electrons. The first kappa shape index (κ1) is 19.4. The van der Waals surface area contributed by atoms with Gasteiger partial charge in [0.1, 0.15) is 12.1 Å². The van der Waals surface area contributed by atoms with Crippen molar-refractivity contribution < 1.29 is 14.3 Å². The van der Waals surface area contributed by atoms with Crippen LogP contribution in [-0.4, -0.2) is 49.1 Å². The highest BCUT2D eigenvalue weighted by molar-refractivity contribution is 5.90. The van der Waals surface area contributed by atoms with E-state index in [9.17, 15) is 9.59 Å². The summed E-state index contributed by atoms with van der Waals surface area (Å²) in [6.45, 7) is 4.09. The number of amides is 2. The number of benzene rings is 1. The molecule has 1 aliphatic rings. The van der Waals surface area contributed by atoms with Gasteiger partial charge in [-0.15, -0.1) is 12.4 Å². The van der Waals surface area contributed by atoms with Crippen LogP contribution in [0.2, 0.25) is 0 Å². The molecule has 0 aliphatic carbocycles. The van der Waals surface area contributed by atoms with Crippen molar-refractivity contribution in [2.24, 2.45) is 5.73 Å². The Hall–Kier alpha value is -1.63. The molecule has 7 heteroatoms. The predicted molar refractivity (Wildman–Crippen MR) is 90.2 cm³/mol. The summed E-state index contributed by atoms with van der Waals surface area (Å²) in [5, 5.41) is 2.77. The molecule has 0 aromatic heterocycles. The van der Waals surface area contributed by atoms with Crippen molar-refractivity contribution in [1.29, 1.82) is 0 Å². The van der Waals surface area contributed by atoms with E-state index in [1.165, 1.54) is 0 Å². The lowest BCUT2D eigenvalue weighted by Gasteiger charge is -2.30. The minimum atomic E-state index is -0.771. The largest absolute Gasteiger partial charge is 0.378 e. The molecule has 1 fully saturated rings. The first-order valence-electron chi connectivity index (χ1n) is 7.61. The maximum Gasteiger partial charge on any atom is 0.245 e. The molecular formula is C16H24ClN3O3. The Morgan fingerprint density at radius 2 is 1.87 bits per heavy atom. The van der Waals surface area contributed by atoms with Crippen LogP contribution in [0.4, 0.5) is 0 Å². The molecule has 2 rings (SSSR count). The van der Waals surface area contributed by atoms with E-state index in [0.717, 1.165) is 5.56 Å². The van der Waals surface area contributed by atoms with Crippen molar-refractivity contribution in [3.8, 4) is 0 Å². The maximum absolute atomic E-state index is 12.4. The first-order valence-corrected chi connectivity index (χ1v) is 7.61. The van der Waals surface area contributed by atoms with E-state index in [2.05, 4.69) is 5.32 Å². The maximum atomic E-state index is 12.4. The van der Waals surface area contributed by atoms with Gasteiger partial charge in [0.05, 0.1) is 13.2 Å². The molecular weight excluding hydrogens is 318 g/mol. The predicted octanol–water partition coefficient (Wildman–Crippen LogP) is 0.862. The fraction of sp³-hybridized carbons (Fsp3) is 0.500. The third kappa shape index (κ3) is 5.20. The lowest BCUT2D eigenvalue weighted by molar-refractivity contribution is -0.140. The minimum Gasteiger partial charge on any atom is -0.378 e. The topological polar surface area (TPSA) is 84.7 Å². The average molecular weight is 342 g/mol. The van der Waals surface area contributed by atoms with Crippen LogP contribution < -0.4 is 11.1 Å². The van der Waals surface area contributed by atoms with Crippen LogP contribution in [0.25, 0.3) is 0 Å². The van der Waals surface area contributed by atoms with E-state index >= 15 is 0 Å². The number of carbonyl (C=O) groups excluding carboxylic acids is 2. The number of nitrogens with one attached hydrogen (secondary N) is 1. The summed E-state index contributed by atoms with van der Waals surface area (Å²) < 4.78 is 5.24. The van der Waals surface area contributed by atoms with Crippen molar-refractivity contribution >= 4 is 24.2 Å². The van der Waals surface area contributed by atoms with Crippen molar-refractivity contribution in [2.45, 2.75) is 25.4 Å². The van der Waals surface area contributed by atoms with Crippen LogP contribution in [0.15, 0.2) is 30.3 Å². The van der Waals surface area contributed by atoms with Gasteiger partial charge in [0.2, 0.25) is 11.8 Å². The normalized spacial score (nSPS) is 16.9. The van der Waals surface area contributed by atoms with E-state index in [-0.39, 0.29) is 24.2 Å². The highest BCUT2D eigenvalue weighted by Crippen LogP contribution is 2.11. The van der Waals surface area contributed by atoms with Crippen molar-refractivity contribution in [2.75, 3.05) is 26.3 Å². The van der Waals surface area contributed by atoms with E-state index in [1.54, 1.807) is 17.0 Å². The summed E-state index contributed by atoms with van der Waals surface area (Å²) in [6.07, 6.45) is 0.531. The molecule has 1 heterocycles. The Labute approximate surface area is 142 Å². The zero-order valence-corrected chi connectivity index (χ0v) is 14.1. The van der Waals surface area contributed by atoms with E-state index in [0.29, 0.717) is 32.7 Å². The van der Waals surface area contributed by atoms with Gasteiger partial charge in [-0.05, 0) is 12.0 Å². The van der Waals surface area contributed by atoms with E-state index < -0.39 is 12.1 Å². The summed E-state index contributed by atoms with van der Waals surface area (Å²) >= 11 is 0. The number of ether oxygens (including phenoxy) is 1. The number of hydrogen-bond acceptors (Lipinski definition) is 4. The zero-order valence-electron chi connectivity index (χ0n) is 13.2. The molecule has 1 aromatic rings. The average Bonchev–Trinajstić information content (AvgIpc) is 2.59. The van der Waals surface area contributed by atoms with E-state index in [1.807, 2.05) is 25.1 Å². The highest BCUT2D eigenvalue weighted by Gasteiger charge is 2.27. The van der Waals surface area contributed by atoms with Gasteiger partial charge in [0, 0.05) is 13.1 Å². The molecule has 2 amide bonds. The second kappa shape index (κ2) is 9.50. The summed E-state index contributed by atoms with van der Waals surface area (Å²) in [4.78, 5) is 26.4. The Morgan fingerprint density at radius 3 is 2.43 bits per heavy atom. The van der Waals surface area contributed by atoms with Crippen LogP contribution in [0.3, 0.4) is 0 Å². The van der Waals surface area contributed by atoms with Crippen molar-refractivity contribution in [1.82, 2.24) is 10.2 Å². The second-order valence-corrected chi connectivity index (χ2v) is 5.30. The number of hydrogen-bond donors (Lipinski definition) is 2. The van der Waals surface area contributed by atoms with Gasteiger partial charge in [-0.3, -0.25) is 9.59 Å². The monoisotopic (exact) mass is 341 g/mol. The Balaban J connectivity index is 0.00000264. The summed E-state index contributed by atoms with van der Waals surface area (Å²) in [5.74, 6) is -0.404. The number of halogens is 1. The Kier molecular flexibility index (Phi) is 8.02. The fourth-order valence-electron chi connectivity index (χ4n) is 2.42. The molecule has 1 aliphatic heterocycles. The molecule has 0 spiro atoms. The van der Waals surface area contributed by atoms with Crippen LogP contribution in [0.5, 0.6) is 0 Å². The van der Waals surface area contributed by atoms with Crippen molar-refractivity contribution in [3.63, 3.8) is 0 Å². The lowest BCUT2D eigenvalue weighted by Crippen LogP contribution is -2.52. The highest BCUT2D eigenvalue weighted by atomic mass is 35.5. The number of carbonyl (C=O) groups is 2. The summed E-state index contributed by atoms with van der Waals surface area (Å²) in [6, 6.07) is 7.82. The van der Waals surface area contributed by atoms with Crippen molar-refractivity contribution in [3.05, 3.63) is 35.9 Å². The number of morpholine rings is 1. The quantitative estimate of drug-likeness (QED) is 0.832. The summed E-state index contributed by atoms with van der Waals surface area (Å²) in [5.41, 5.74) is 6.69. The molecule has 0 bridgehead atoms. The molecule has 1 saturated heterocycles. The van der Waals surface area contributed by atoms with Gasteiger partial charge in [-0.1, -0.05) is 37.3 Å². The SMILES string of the molecule is CCC(NC(=O)C(N)c1ccccc1)C(=O)N1CCOCC1.Cl. The fourth-order valence-corrected chi connectivity index (χ4v) is 2.42. The van der Waals surface area contributed by atoms with Gasteiger partial charge in [-0.25, -0.2) is 0 Å². The van der Waals surface area contributed by atoms with Gasteiger partial charge in [0.25, 0.3) is 0 Å². The Bertz CT molecular complexity index is 507. The van der Waals surface area contributed by atoms with Crippen LogP contribution in [0.1, 0.15) is 24.9 Å². The van der Waals surface area contributed by atoms with Gasteiger partial charge >= 0.3 is 0 Å². The first-order chi connectivity index (χ1) is 10.6. The smallest absolute Gasteiger partial charge is 0.245 e. The molecule has 6 nitrogen and oxygen atoms in total. The number of rotatable bonds is 5. The molecule has 2 unspecified atom stereocenters. The Morgan fingerprint density at radius 1 is 1.26 bits per heavy atom. The second-order valence-electron chi connectivity index (χ2n) is 5.30. The third-order valence-corrected chi connectivity index (χ3v) is 3.79. The molecule has 3 N–H and O–H groups in total. The lowest BCUT2D eigenvalue weighted by atomic mass is 10.1. The summed E-state index contributed by atoms with van der Waals surface area (Å²) in [7, 11) is 0. The molecule has 0 radical (unpaired) electrons. The van der Waals surface area contributed by atoms with Crippen LogP contribution in [-0.2, 0) is 14.3 Å². The van der Waals surface area contributed by atoms with Gasteiger partial charge < -0.3 is 20.7 Å². The molecule has 0 saturated carbocycles. The van der Waals surface area contributed by atoms with Crippen LogP contribution in [0, 0.1) is 0 Å². The molecule has 2 atom stereocenters.